The van der Waals surface area contributed by atoms with Gasteiger partial charge in [-0.1, -0.05) is 83.7 Å². The van der Waals surface area contributed by atoms with Crippen LogP contribution in [0.1, 0.15) is 0 Å². The maximum atomic E-state index is 13.2. The number of benzene rings is 5. The molecule has 162 valence electrons. The first-order valence-corrected chi connectivity index (χ1v) is 11.4. The van der Waals surface area contributed by atoms with Crippen molar-refractivity contribution in [1.29, 1.82) is 0 Å². The van der Waals surface area contributed by atoms with Crippen LogP contribution in [0.15, 0.2) is 109 Å². The van der Waals surface area contributed by atoms with Crippen molar-refractivity contribution in [2.75, 3.05) is 5.73 Å². The third-order valence-electron chi connectivity index (χ3n) is 6.49. The maximum Gasteiger partial charge on any atom is 0.195 e. The second kappa shape index (κ2) is 8.24. The van der Waals surface area contributed by atoms with Gasteiger partial charge in [0, 0.05) is 27.5 Å². The molecular formula is C30H22BFN2. The summed E-state index contributed by atoms with van der Waals surface area (Å²) in [6.07, 6.45) is 0. The minimum Gasteiger partial charge on any atom is -0.399 e. The molecule has 0 unspecified atom stereocenters. The van der Waals surface area contributed by atoms with Gasteiger partial charge in [-0.05, 0) is 58.7 Å². The molecule has 1 heterocycles. The molecule has 0 aliphatic carbocycles. The molecule has 1 aromatic heterocycles. The van der Waals surface area contributed by atoms with E-state index in [9.17, 15) is 4.39 Å². The molecule has 0 radical (unpaired) electrons. The largest absolute Gasteiger partial charge is 0.399 e. The number of H-pyrrole nitrogens is 1. The second-order valence-electron chi connectivity index (χ2n) is 8.73. The summed E-state index contributed by atoms with van der Waals surface area (Å²) in [6, 6.07) is 36.2. The van der Waals surface area contributed by atoms with E-state index in [1.807, 2.05) is 24.3 Å². The Hall–Kier alpha value is -4.31. The lowest BCUT2D eigenvalue weighted by Crippen LogP contribution is -2.27. The van der Waals surface area contributed by atoms with Crippen molar-refractivity contribution < 1.29 is 4.39 Å². The normalized spacial score (nSPS) is 11.2. The van der Waals surface area contributed by atoms with E-state index in [1.165, 1.54) is 44.9 Å². The lowest BCUT2D eigenvalue weighted by molar-refractivity contribution is 0.628. The summed E-state index contributed by atoms with van der Waals surface area (Å²) in [5.41, 5.74) is 15.9. The van der Waals surface area contributed by atoms with Gasteiger partial charge in [0.05, 0.1) is 0 Å². The first-order valence-electron chi connectivity index (χ1n) is 11.4. The zero-order valence-corrected chi connectivity index (χ0v) is 18.6. The highest BCUT2D eigenvalue weighted by atomic mass is 19.1. The molecule has 0 fully saturated rings. The topological polar surface area (TPSA) is 41.8 Å². The molecule has 0 atom stereocenters. The zero-order chi connectivity index (χ0) is 23.1. The Morgan fingerprint density at radius 3 is 1.97 bits per heavy atom. The van der Waals surface area contributed by atoms with Crippen molar-refractivity contribution in [3.8, 4) is 22.3 Å². The van der Waals surface area contributed by atoms with Crippen LogP contribution in [0.5, 0.6) is 0 Å². The number of aromatic nitrogens is 1. The number of nitrogens with one attached hydrogen (secondary N) is 1. The van der Waals surface area contributed by atoms with Gasteiger partial charge in [-0.2, -0.15) is 0 Å². The fourth-order valence-electron chi connectivity index (χ4n) is 4.66. The van der Waals surface area contributed by atoms with E-state index >= 15 is 0 Å². The fraction of sp³-hybridized carbons (Fsp3) is 0. The van der Waals surface area contributed by atoms with E-state index in [4.69, 9.17) is 5.73 Å². The lowest BCUT2D eigenvalue weighted by Gasteiger charge is -2.06. The summed E-state index contributed by atoms with van der Waals surface area (Å²) in [4.78, 5) is 3.64. The SMILES string of the molecule is Nc1ccc(-c2ccc3[nH]c4c(Bc5ccc(-c6ccc(F)cc6)cc5)cccc4c3c2)cc1. The number of anilines is 1. The van der Waals surface area contributed by atoms with E-state index in [2.05, 4.69) is 77.8 Å². The Morgan fingerprint density at radius 1 is 0.618 bits per heavy atom. The number of nitrogen functional groups attached to an aromatic ring is 1. The number of aromatic amines is 1. The Morgan fingerprint density at radius 2 is 1.24 bits per heavy atom. The van der Waals surface area contributed by atoms with Crippen LogP contribution in [0.2, 0.25) is 0 Å². The van der Waals surface area contributed by atoms with Crippen LogP contribution in [0.25, 0.3) is 44.1 Å². The van der Waals surface area contributed by atoms with Gasteiger partial charge in [0.25, 0.3) is 0 Å². The van der Waals surface area contributed by atoms with E-state index in [0.717, 1.165) is 35.2 Å². The van der Waals surface area contributed by atoms with Gasteiger partial charge in [0.1, 0.15) is 5.82 Å². The number of hydrogen-bond acceptors (Lipinski definition) is 1. The summed E-state index contributed by atoms with van der Waals surface area (Å²) in [6.45, 7) is 0. The maximum absolute atomic E-state index is 13.2. The van der Waals surface area contributed by atoms with Crippen LogP contribution < -0.4 is 16.7 Å². The molecule has 0 aliphatic rings. The molecule has 6 rings (SSSR count). The first-order chi connectivity index (χ1) is 16.6. The van der Waals surface area contributed by atoms with Crippen molar-refractivity contribution in [1.82, 2.24) is 4.98 Å². The Balaban J connectivity index is 1.34. The fourth-order valence-corrected chi connectivity index (χ4v) is 4.66. The van der Waals surface area contributed by atoms with Crippen molar-refractivity contribution in [2.45, 2.75) is 0 Å². The Labute approximate surface area is 198 Å². The van der Waals surface area contributed by atoms with Crippen LogP contribution in [0.3, 0.4) is 0 Å². The highest BCUT2D eigenvalue weighted by Gasteiger charge is 2.11. The summed E-state index contributed by atoms with van der Waals surface area (Å²) in [7, 11) is 0.832. The van der Waals surface area contributed by atoms with Gasteiger partial charge < -0.3 is 10.7 Å². The number of para-hydroxylation sites is 1. The van der Waals surface area contributed by atoms with Gasteiger partial charge >= 0.3 is 0 Å². The minimum absolute atomic E-state index is 0.215. The van der Waals surface area contributed by atoms with Gasteiger partial charge in [0.15, 0.2) is 7.28 Å². The van der Waals surface area contributed by atoms with E-state index in [-0.39, 0.29) is 5.82 Å². The summed E-state index contributed by atoms with van der Waals surface area (Å²) < 4.78 is 13.2. The molecule has 6 aromatic rings. The van der Waals surface area contributed by atoms with Gasteiger partial charge in [-0.15, -0.1) is 0 Å². The predicted octanol–water partition coefficient (Wildman–Crippen LogP) is 5.76. The highest BCUT2D eigenvalue weighted by molar-refractivity contribution is 6.69. The lowest BCUT2D eigenvalue weighted by atomic mass is 9.63. The van der Waals surface area contributed by atoms with Gasteiger partial charge in [-0.25, -0.2) is 4.39 Å². The number of hydrogen-bond donors (Lipinski definition) is 2. The minimum atomic E-state index is -0.215. The predicted molar refractivity (Wildman–Crippen MR) is 144 cm³/mol. The Bertz CT molecular complexity index is 1620. The molecular weight excluding hydrogens is 418 g/mol. The van der Waals surface area contributed by atoms with Crippen LogP contribution in [-0.4, -0.2) is 12.3 Å². The third-order valence-corrected chi connectivity index (χ3v) is 6.49. The van der Waals surface area contributed by atoms with Crippen LogP contribution >= 0.6 is 0 Å². The van der Waals surface area contributed by atoms with Crippen molar-refractivity contribution in [3.05, 3.63) is 115 Å². The number of nitrogens with two attached hydrogens (primary N) is 1. The average Bonchev–Trinajstić information content (AvgIpc) is 3.25. The molecule has 0 spiro atoms. The number of fused-ring (bicyclic) bond motifs is 3. The van der Waals surface area contributed by atoms with Gasteiger partial charge in [-0.3, -0.25) is 0 Å². The van der Waals surface area contributed by atoms with Gasteiger partial charge in [0.2, 0.25) is 0 Å². The zero-order valence-electron chi connectivity index (χ0n) is 18.6. The van der Waals surface area contributed by atoms with Crippen LogP contribution in [0, 0.1) is 5.82 Å². The van der Waals surface area contributed by atoms with E-state index in [0.29, 0.717) is 0 Å². The molecule has 34 heavy (non-hydrogen) atoms. The molecule has 4 heteroatoms. The number of rotatable bonds is 4. The van der Waals surface area contributed by atoms with E-state index < -0.39 is 0 Å². The summed E-state index contributed by atoms with van der Waals surface area (Å²) >= 11 is 0. The quantitative estimate of drug-likeness (QED) is 0.266. The second-order valence-corrected chi connectivity index (χ2v) is 8.73. The molecule has 5 aromatic carbocycles. The molecule has 3 N–H and O–H groups in total. The third kappa shape index (κ3) is 3.73. The molecule has 0 amide bonds. The average molecular weight is 440 g/mol. The Kier molecular flexibility index (Phi) is 4.92. The standard InChI is InChI=1S/C30H22BFN2/c32-24-13-6-20(7-14-24)19-4-11-23(12-5-19)31-28-3-1-2-26-27-18-22(10-17-29(27)34-30(26)28)21-8-15-25(33)16-9-21/h1-18,31,34H,33H2. The molecule has 0 aliphatic heterocycles. The molecule has 2 nitrogen and oxygen atoms in total. The van der Waals surface area contributed by atoms with Crippen molar-refractivity contribution in [3.63, 3.8) is 0 Å². The number of halogens is 1. The van der Waals surface area contributed by atoms with E-state index in [1.54, 1.807) is 0 Å². The molecule has 0 bridgehead atoms. The van der Waals surface area contributed by atoms with Crippen molar-refractivity contribution >= 4 is 45.7 Å². The molecule has 0 saturated heterocycles. The highest BCUT2D eigenvalue weighted by Crippen LogP contribution is 2.30. The monoisotopic (exact) mass is 440 g/mol. The summed E-state index contributed by atoms with van der Waals surface area (Å²) in [5.74, 6) is -0.215. The molecule has 0 saturated carbocycles. The summed E-state index contributed by atoms with van der Waals surface area (Å²) in [5, 5.41) is 2.45. The first kappa shape index (κ1) is 20.3. The van der Waals surface area contributed by atoms with Crippen LogP contribution in [0.4, 0.5) is 10.1 Å². The smallest absolute Gasteiger partial charge is 0.195 e. The van der Waals surface area contributed by atoms with Crippen LogP contribution in [-0.2, 0) is 0 Å². The van der Waals surface area contributed by atoms with Crippen molar-refractivity contribution in [2.24, 2.45) is 0 Å².